The van der Waals surface area contributed by atoms with Gasteiger partial charge in [-0.05, 0) is 60.1 Å². The van der Waals surface area contributed by atoms with Gasteiger partial charge in [-0.15, -0.1) is 0 Å². The minimum absolute atomic E-state index is 0.195. The van der Waals surface area contributed by atoms with Gasteiger partial charge in [0.1, 0.15) is 5.75 Å². The van der Waals surface area contributed by atoms with Crippen LogP contribution >= 0.6 is 0 Å². The normalized spacial score (nSPS) is 11.3. The summed E-state index contributed by atoms with van der Waals surface area (Å²) in [5.41, 5.74) is 6.36. The van der Waals surface area contributed by atoms with Crippen LogP contribution in [0.25, 0.3) is 5.57 Å². The third-order valence-electron chi connectivity index (χ3n) is 4.00. The van der Waals surface area contributed by atoms with Crippen LogP contribution < -0.4 is 4.74 Å². The maximum Gasteiger partial charge on any atom is 0.120 e. The maximum absolute atomic E-state index is 5.70. The molecule has 0 amide bonds. The van der Waals surface area contributed by atoms with Crippen molar-refractivity contribution in [3.05, 3.63) is 71.3 Å². The quantitative estimate of drug-likeness (QED) is 0.657. The Hall–Kier alpha value is -2.02. The Morgan fingerprint density at radius 1 is 1.00 bits per heavy atom. The Kier molecular flexibility index (Phi) is 5.30. The molecule has 2 rings (SSSR count). The zero-order valence-electron chi connectivity index (χ0n) is 15.1. The Morgan fingerprint density at radius 2 is 1.65 bits per heavy atom. The van der Waals surface area contributed by atoms with E-state index in [0.717, 1.165) is 23.3 Å². The summed E-state index contributed by atoms with van der Waals surface area (Å²) in [6, 6.07) is 15.3. The molecule has 0 N–H and O–H groups in total. The van der Waals surface area contributed by atoms with Crippen molar-refractivity contribution in [1.82, 2.24) is 0 Å². The molecule has 2 aromatic rings. The molecule has 0 aliphatic rings. The van der Waals surface area contributed by atoms with Crippen LogP contribution in [0.5, 0.6) is 5.75 Å². The summed E-state index contributed by atoms with van der Waals surface area (Å²) in [6.07, 6.45) is 0.908. The van der Waals surface area contributed by atoms with Crippen molar-refractivity contribution >= 4 is 5.57 Å². The lowest BCUT2D eigenvalue weighted by atomic mass is 9.86. The van der Waals surface area contributed by atoms with Crippen LogP contribution in [0.1, 0.15) is 56.9 Å². The largest absolute Gasteiger partial charge is 0.494 e. The van der Waals surface area contributed by atoms with E-state index in [4.69, 9.17) is 4.74 Å². The smallest absolute Gasteiger partial charge is 0.120 e. The van der Waals surface area contributed by atoms with E-state index < -0.39 is 0 Å². The zero-order valence-corrected chi connectivity index (χ0v) is 15.1. The molecule has 1 heteroatoms. The molecule has 0 atom stereocenters. The summed E-state index contributed by atoms with van der Waals surface area (Å²) in [5.74, 6) is 0.925. The predicted octanol–water partition coefficient (Wildman–Crippen LogP) is 6.01. The van der Waals surface area contributed by atoms with Crippen LogP contribution in [-0.2, 0) is 11.8 Å². The molecule has 0 aromatic heterocycles. The van der Waals surface area contributed by atoms with Crippen molar-refractivity contribution in [3.63, 3.8) is 0 Å². The van der Waals surface area contributed by atoms with Gasteiger partial charge in [-0.1, -0.05) is 63.3 Å². The highest BCUT2D eigenvalue weighted by Gasteiger charge is 2.13. The lowest BCUT2D eigenvalue weighted by Crippen LogP contribution is -2.10. The van der Waals surface area contributed by atoms with E-state index in [0.29, 0.717) is 6.61 Å². The van der Waals surface area contributed by atoms with Crippen LogP contribution in [0.2, 0.25) is 0 Å². The summed E-state index contributed by atoms with van der Waals surface area (Å²) in [7, 11) is 0. The highest BCUT2D eigenvalue weighted by Crippen LogP contribution is 2.26. The maximum atomic E-state index is 5.70. The summed E-state index contributed by atoms with van der Waals surface area (Å²) in [6.45, 7) is 15.5. The van der Waals surface area contributed by atoms with Gasteiger partial charge in [-0.25, -0.2) is 0 Å². The van der Waals surface area contributed by atoms with Gasteiger partial charge in [0.25, 0.3) is 0 Å². The van der Waals surface area contributed by atoms with E-state index in [-0.39, 0.29) is 5.41 Å². The van der Waals surface area contributed by atoms with E-state index in [1.807, 2.05) is 13.8 Å². The Balaban J connectivity index is 2.26. The topological polar surface area (TPSA) is 9.23 Å². The molecule has 2 aromatic carbocycles. The molecule has 0 aliphatic carbocycles. The van der Waals surface area contributed by atoms with Gasteiger partial charge in [0.2, 0.25) is 0 Å². The monoisotopic (exact) mass is 308 g/mol. The van der Waals surface area contributed by atoms with Crippen LogP contribution in [0.15, 0.2) is 49.0 Å². The Labute approximate surface area is 141 Å². The lowest BCUT2D eigenvalue weighted by molar-refractivity contribution is 0.340. The van der Waals surface area contributed by atoms with E-state index in [2.05, 4.69) is 69.8 Å². The first kappa shape index (κ1) is 17.3. The fourth-order valence-corrected chi connectivity index (χ4v) is 2.62. The minimum Gasteiger partial charge on any atom is -0.494 e. The molecule has 0 fully saturated rings. The van der Waals surface area contributed by atoms with Gasteiger partial charge in [0.15, 0.2) is 0 Å². The molecule has 23 heavy (non-hydrogen) atoms. The number of allylic oxidation sites excluding steroid dienone is 1. The second-order valence-corrected chi connectivity index (χ2v) is 7.20. The molecule has 0 saturated heterocycles. The zero-order chi connectivity index (χ0) is 17.0. The summed E-state index contributed by atoms with van der Waals surface area (Å²) < 4.78 is 5.70. The van der Waals surface area contributed by atoms with Crippen molar-refractivity contribution in [2.24, 2.45) is 0 Å². The molecule has 122 valence electrons. The van der Waals surface area contributed by atoms with E-state index >= 15 is 0 Å². The molecule has 0 spiro atoms. The van der Waals surface area contributed by atoms with Crippen molar-refractivity contribution in [2.75, 3.05) is 6.61 Å². The highest BCUT2D eigenvalue weighted by atomic mass is 16.5. The first-order valence-electron chi connectivity index (χ1n) is 8.31. The molecular weight excluding hydrogens is 280 g/mol. The summed E-state index contributed by atoms with van der Waals surface area (Å²) in [4.78, 5) is 0. The first-order valence-corrected chi connectivity index (χ1v) is 8.31. The van der Waals surface area contributed by atoms with Crippen molar-refractivity contribution in [3.8, 4) is 5.75 Å². The van der Waals surface area contributed by atoms with Crippen molar-refractivity contribution in [1.29, 1.82) is 0 Å². The Morgan fingerprint density at radius 3 is 2.17 bits per heavy atom. The molecule has 0 bridgehead atoms. The molecule has 0 saturated carbocycles. The number of benzene rings is 2. The van der Waals surface area contributed by atoms with Gasteiger partial charge in [0, 0.05) is 0 Å². The fraction of sp³-hybridized carbons (Fsp3) is 0.364. The second kappa shape index (κ2) is 7.04. The molecule has 0 unspecified atom stereocenters. The fourth-order valence-electron chi connectivity index (χ4n) is 2.62. The van der Waals surface area contributed by atoms with Crippen LogP contribution in [0.4, 0.5) is 0 Å². The predicted molar refractivity (Wildman–Crippen MR) is 100 cm³/mol. The molecule has 0 radical (unpaired) electrons. The van der Waals surface area contributed by atoms with Crippen molar-refractivity contribution in [2.45, 2.75) is 46.5 Å². The number of rotatable bonds is 5. The Bertz CT molecular complexity index is 672. The second-order valence-electron chi connectivity index (χ2n) is 7.20. The van der Waals surface area contributed by atoms with Crippen LogP contribution in [-0.4, -0.2) is 6.61 Å². The third-order valence-corrected chi connectivity index (χ3v) is 4.00. The van der Waals surface area contributed by atoms with Crippen molar-refractivity contribution < 1.29 is 4.74 Å². The number of ether oxygens (including phenoxy) is 1. The molecule has 0 aliphatic heterocycles. The third kappa shape index (κ3) is 4.72. The standard InChI is InChI=1S/C22H28O/c1-7-23-21-14-18(13-19(15-21)16(2)3)12-17-8-10-20(11-9-17)22(4,5)6/h8-11,13-15H,2,7,12H2,1,3-6H3. The van der Waals surface area contributed by atoms with Crippen LogP contribution in [0.3, 0.4) is 0 Å². The van der Waals surface area contributed by atoms with Crippen LogP contribution in [0, 0.1) is 0 Å². The molecular formula is C22H28O. The first-order chi connectivity index (χ1) is 10.8. The minimum atomic E-state index is 0.195. The average molecular weight is 308 g/mol. The lowest BCUT2D eigenvalue weighted by Gasteiger charge is -2.19. The average Bonchev–Trinajstić information content (AvgIpc) is 2.47. The summed E-state index contributed by atoms with van der Waals surface area (Å²) in [5, 5.41) is 0. The van der Waals surface area contributed by atoms with Gasteiger partial charge < -0.3 is 4.74 Å². The number of hydrogen-bond acceptors (Lipinski definition) is 1. The highest BCUT2D eigenvalue weighted by molar-refractivity contribution is 5.63. The molecule has 1 nitrogen and oxygen atoms in total. The molecule has 0 heterocycles. The van der Waals surface area contributed by atoms with Gasteiger partial charge in [-0.3, -0.25) is 0 Å². The SMILES string of the molecule is C=C(C)c1cc(Cc2ccc(C(C)(C)C)cc2)cc(OCC)c1. The van der Waals surface area contributed by atoms with E-state index in [1.165, 1.54) is 16.7 Å². The van der Waals surface area contributed by atoms with E-state index in [1.54, 1.807) is 0 Å². The van der Waals surface area contributed by atoms with Gasteiger partial charge in [0.05, 0.1) is 6.61 Å². The number of hydrogen-bond donors (Lipinski definition) is 0. The van der Waals surface area contributed by atoms with Gasteiger partial charge in [-0.2, -0.15) is 0 Å². The van der Waals surface area contributed by atoms with E-state index in [9.17, 15) is 0 Å². The van der Waals surface area contributed by atoms with Gasteiger partial charge >= 0.3 is 0 Å². The summed E-state index contributed by atoms with van der Waals surface area (Å²) >= 11 is 0.